The summed E-state index contributed by atoms with van der Waals surface area (Å²) >= 11 is 3.60. The van der Waals surface area contributed by atoms with Crippen LogP contribution in [0.2, 0.25) is 0 Å². The van der Waals surface area contributed by atoms with E-state index in [1.807, 2.05) is 12.1 Å². The predicted molar refractivity (Wildman–Crippen MR) is 75.6 cm³/mol. The minimum Gasteiger partial charge on any atom is -0.486 e. The molecule has 2 aliphatic rings. The number of anilines is 1. The van der Waals surface area contributed by atoms with Gasteiger partial charge < -0.3 is 14.8 Å². The third-order valence-corrected chi connectivity index (χ3v) is 4.34. The minimum absolute atomic E-state index is 0.582. The van der Waals surface area contributed by atoms with Crippen LogP contribution >= 0.6 is 15.9 Å². The molecule has 18 heavy (non-hydrogen) atoms. The van der Waals surface area contributed by atoms with Crippen molar-refractivity contribution in [1.29, 1.82) is 0 Å². The second-order valence-electron chi connectivity index (χ2n) is 5.24. The van der Waals surface area contributed by atoms with Crippen LogP contribution in [0.3, 0.4) is 0 Å². The maximum absolute atomic E-state index is 5.62. The molecule has 1 aliphatic carbocycles. The number of hydrogen-bond acceptors (Lipinski definition) is 3. The molecule has 2 atom stereocenters. The first-order valence-electron chi connectivity index (χ1n) is 6.58. The normalized spacial score (nSPS) is 26.1. The monoisotopic (exact) mass is 311 g/mol. The van der Waals surface area contributed by atoms with Gasteiger partial charge in [-0.2, -0.15) is 0 Å². The lowest BCUT2D eigenvalue weighted by Crippen LogP contribution is -2.18. The SMILES string of the molecule is CC1CCC(Nc2cc3c(cc2Br)OCCO3)C1. The van der Waals surface area contributed by atoms with E-state index < -0.39 is 0 Å². The fourth-order valence-corrected chi connectivity index (χ4v) is 3.17. The van der Waals surface area contributed by atoms with Crippen molar-refractivity contribution in [3.05, 3.63) is 16.6 Å². The van der Waals surface area contributed by atoms with Crippen molar-refractivity contribution >= 4 is 21.6 Å². The Balaban J connectivity index is 1.79. The lowest BCUT2D eigenvalue weighted by Gasteiger charge is -2.22. The third-order valence-electron chi connectivity index (χ3n) is 3.69. The molecule has 0 bridgehead atoms. The van der Waals surface area contributed by atoms with Crippen LogP contribution in [0.4, 0.5) is 5.69 Å². The van der Waals surface area contributed by atoms with Gasteiger partial charge in [-0.3, -0.25) is 0 Å². The van der Waals surface area contributed by atoms with Crippen molar-refractivity contribution in [2.75, 3.05) is 18.5 Å². The molecule has 1 saturated carbocycles. The van der Waals surface area contributed by atoms with Crippen molar-refractivity contribution in [1.82, 2.24) is 0 Å². The van der Waals surface area contributed by atoms with E-state index in [9.17, 15) is 0 Å². The zero-order valence-corrected chi connectivity index (χ0v) is 12.1. The summed E-state index contributed by atoms with van der Waals surface area (Å²) in [5.74, 6) is 2.51. The molecule has 1 aromatic carbocycles. The highest BCUT2D eigenvalue weighted by Gasteiger charge is 2.22. The molecule has 0 radical (unpaired) electrons. The van der Waals surface area contributed by atoms with Gasteiger partial charge in [-0.1, -0.05) is 6.92 Å². The maximum Gasteiger partial charge on any atom is 0.163 e. The first-order chi connectivity index (χ1) is 8.72. The summed E-state index contributed by atoms with van der Waals surface area (Å²) in [6.45, 7) is 3.58. The first kappa shape index (κ1) is 12.2. The quantitative estimate of drug-likeness (QED) is 0.900. The Morgan fingerprint density at radius 1 is 1.17 bits per heavy atom. The first-order valence-corrected chi connectivity index (χ1v) is 7.37. The molecule has 0 spiro atoms. The molecule has 0 saturated heterocycles. The Bertz CT molecular complexity index is 450. The van der Waals surface area contributed by atoms with Gasteiger partial charge in [-0.05, 0) is 41.1 Å². The van der Waals surface area contributed by atoms with Crippen LogP contribution < -0.4 is 14.8 Å². The standard InChI is InChI=1S/C14H18BrNO2/c1-9-2-3-10(6-9)16-12-8-14-13(7-11(12)15)17-4-5-18-14/h7-10,16H,2-6H2,1H3. The maximum atomic E-state index is 5.62. The van der Waals surface area contributed by atoms with Crippen LogP contribution in [-0.4, -0.2) is 19.3 Å². The van der Waals surface area contributed by atoms with Gasteiger partial charge in [-0.25, -0.2) is 0 Å². The number of rotatable bonds is 2. The van der Waals surface area contributed by atoms with E-state index in [4.69, 9.17) is 9.47 Å². The van der Waals surface area contributed by atoms with Crippen LogP contribution in [0, 0.1) is 5.92 Å². The fourth-order valence-electron chi connectivity index (χ4n) is 2.73. The lowest BCUT2D eigenvalue weighted by molar-refractivity contribution is 0.171. The van der Waals surface area contributed by atoms with Gasteiger partial charge in [0.1, 0.15) is 13.2 Å². The number of hydrogen-bond donors (Lipinski definition) is 1. The molecule has 4 heteroatoms. The molecule has 0 amide bonds. The smallest absolute Gasteiger partial charge is 0.163 e. The summed E-state index contributed by atoms with van der Waals surface area (Å²) in [4.78, 5) is 0. The van der Waals surface area contributed by atoms with Crippen LogP contribution in [0.15, 0.2) is 16.6 Å². The molecule has 98 valence electrons. The molecule has 1 fully saturated rings. The zero-order chi connectivity index (χ0) is 12.5. The lowest BCUT2D eigenvalue weighted by atomic mass is 10.1. The Morgan fingerprint density at radius 2 is 1.89 bits per heavy atom. The Labute approximate surface area is 116 Å². The summed E-state index contributed by atoms with van der Waals surface area (Å²) in [7, 11) is 0. The molecular formula is C14H18BrNO2. The predicted octanol–water partition coefficient (Wildman–Crippen LogP) is 3.82. The molecule has 1 N–H and O–H groups in total. The van der Waals surface area contributed by atoms with E-state index in [0.29, 0.717) is 19.3 Å². The zero-order valence-electron chi connectivity index (χ0n) is 10.5. The van der Waals surface area contributed by atoms with E-state index in [1.54, 1.807) is 0 Å². The topological polar surface area (TPSA) is 30.5 Å². The number of benzene rings is 1. The van der Waals surface area contributed by atoms with Gasteiger partial charge >= 0.3 is 0 Å². The van der Waals surface area contributed by atoms with Gasteiger partial charge in [0.2, 0.25) is 0 Å². The molecule has 1 heterocycles. The van der Waals surface area contributed by atoms with Crippen LogP contribution in [-0.2, 0) is 0 Å². The molecule has 3 nitrogen and oxygen atoms in total. The van der Waals surface area contributed by atoms with Crippen molar-refractivity contribution in [2.45, 2.75) is 32.2 Å². The van der Waals surface area contributed by atoms with Crippen molar-refractivity contribution in [3.8, 4) is 11.5 Å². The molecule has 0 aromatic heterocycles. The average Bonchev–Trinajstić information content (AvgIpc) is 2.76. The van der Waals surface area contributed by atoms with Gasteiger partial charge in [0.25, 0.3) is 0 Å². The van der Waals surface area contributed by atoms with E-state index in [2.05, 4.69) is 28.2 Å². The summed E-state index contributed by atoms with van der Waals surface area (Å²) in [6.07, 6.45) is 3.82. The van der Waals surface area contributed by atoms with E-state index in [-0.39, 0.29) is 0 Å². The summed E-state index contributed by atoms with van der Waals surface area (Å²) in [5.41, 5.74) is 1.11. The molecule has 1 aliphatic heterocycles. The van der Waals surface area contributed by atoms with Crippen LogP contribution in [0.5, 0.6) is 11.5 Å². The van der Waals surface area contributed by atoms with E-state index in [0.717, 1.165) is 27.6 Å². The largest absolute Gasteiger partial charge is 0.486 e. The minimum atomic E-state index is 0.582. The number of halogens is 1. The van der Waals surface area contributed by atoms with Gasteiger partial charge in [0.05, 0.1) is 5.69 Å². The highest BCUT2D eigenvalue weighted by molar-refractivity contribution is 9.10. The summed E-state index contributed by atoms with van der Waals surface area (Å²) in [6, 6.07) is 4.62. The number of fused-ring (bicyclic) bond motifs is 1. The van der Waals surface area contributed by atoms with Gasteiger partial charge in [-0.15, -0.1) is 0 Å². The highest BCUT2D eigenvalue weighted by atomic mass is 79.9. The van der Waals surface area contributed by atoms with Crippen LogP contribution in [0.25, 0.3) is 0 Å². The van der Waals surface area contributed by atoms with Crippen LogP contribution in [0.1, 0.15) is 26.2 Å². The number of ether oxygens (including phenoxy) is 2. The molecule has 3 rings (SSSR count). The van der Waals surface area contributed by atoms with Crippen molar-refractivity contribution in [2.24, 2.45) is 5.92 Å². The van der Waals surface area contributed by atoms with Crippen molar-refractivity contribution < 1.29 is 9.47 Å². The second kappa shape index (κ2) is 5.00. The average molecular weight is 312 g/mol. The van der Waals surface area contributed by atoms with E-state index in [1.165, 1.54) is 19.3 Å². The van der Waals surface area contributed by atoms with Gasteiger partial charge in [0.15, 0.2) is 11.5 Å². The second-order valence-corrected chi connectivity index (χ2v) is 6.09. The summed E-state index contributed by atoms with van der Waals surface area (Å²) < 4.78 is 12.2. The Morgan fingerprint density at radius 3 is 2.56 bits per heavy atom. The third kappa shape index (κ3) is 2.44. The molecule has 1 aromatic rings. The Kier molecular flexibility index (Phi) is 3.37. The van der Waals surface area contributed by atoms with E-state index >= 15 is 0 Å². The number of nitrogens with one attached hydrogen (secondary N) is 1. The molecule has 2 unspecified atom stereocenters. The van der Waals surface area contributed by atoms with Crippen molar-refractivity contribution in [3.63, 3.8) is 0 Å². The molecular weight excluding hydrogens is 294 g/mol. The van der Waals surface area contributed by atoms with Gasteiger partial charge in [0, 0.05) is 22.6 Å². The Hall–Kier alpha value is -0.900. The summed E-state index contributed by atoms with van der Waals surface area (Å²) in [5, 5.41) is 3.61. The highest BCUT2D eigenvalue weighted by Crippen LogP contribution is 2.39. The fraction of sp³-hybridized carbons (Fsp3) is 0.571.